The van der Waals surface area contributed by atoms with E-state index in [0.29, 0.717) is 46.0 Å². The van der Waals surface area contributed by atoms with E-state index in [1.165, 1.54) is 6.08 Å². The number of nitrogens with one attached hydrogen (secondary N) is 1. The Kier molecular flexibility index (Phi) is 5.90. The molecular formula is C20H14Cl2N2O5S. The molecule has 0 atom stereocenters. The second-order valence-electron chi connectivity index (χ2n) is 6.34. The smallest absolute Gasteiger partial charge is 0.294 e. The number of thioether (sulfide) groups is 1. The van der Waals surface area contributed by atoms with Crippen LogP contribution in [0.3, 0.4) is 0 Å². The molecule has 1 N–H and O–H groups in total. The zero-order valence-corrected chi connectivity index (χ0v) is 17.6. The van der Waals surface area contributed by atoms with Gasteiger partial charge in [0.15, 0.2) is 11.5 Å². The second-order valence-corrected chi connectivity index (χ2v) is 8.18. The SMILES string of the molecule is O=C(CN1C(=O)S/C(=C/c2ccc(Cl)cc2Cl)C1=O)Nc1ccc2c(c1)OCCO2. The third-order valence-electron chi connectivity index (χ3n) is 4.25. The Balaban J connectivity index is 1.44. The Morgan fingerprint density at radius 1 is 1.10 bits per heavy atom. The third-order valence-corrected chi connectivity index (χ3v) is 5.72. The standard InChI is InChI=1S/C20H14Cl2N2O5S/c21-12-2-1-11(14(22)8-12)7-17-19(26)24(20(27)30-17)10-18(25)23-13-3-4-15-16(9-13)29-6-5-28-15/h1-4,7-9H,5-6,10H2,(H,23,25)/b17-7+. The Morgan fingerprint density at radius 2 is 1.87 bits per heavy atom. The lowest BCUT2D eigenvalue weighted by Crippen LogP contribution is -2.36. The molecule has 0 bridgehead atoms. The molecule has 2 aromatic rings. The van der Waals surface area contributed by atoms with Gasteiger partial charge in [-0.05, 0) is 47.7 Å². The zero-order chi connectivity index (χ0) is 21.3. The van der Waals surface area contributed by atoms with Crippen molar-refractivity contribution in [2.45, 2.75) is 0 Å². The minimum absolute atomic E-state index is 0.177. The highest BCUT2D eigenvalue weighted by Gasteiger charge is 2.36. The van der Waals surface area contributed by atoms with Crippen molar-refractivity contribution in [1.82, 2.24) is 4.90 Å². The molecule has 0 radical (unpaired) electrons. The summed E-state index contributed by atoms with van der Waals surface area (Å²) in [4.78, 5) is 38.3. The van der Waals surface area contributed by atoms with E-state index in [-0.39, 0.29) is 4.91 Å². The monoisotopic (exact) mass is 464 g/mol. The predicted octanol–water partition coefficient (Wildman–Crippen LogP) is 4.44. The summed E-state index contributed by atoms with van der Waals surface area (Å²) in [5.74, 6) is 0.0391. The zero-order valence-electron chi connectivity index (χ0n) is 15.3. The van der Waals surface area contributed by atoms with Gasteiger partial charge in [0.05, 0.1) is 4.91 Å². The van der Waals surface area contributed by atoms with Gasteiger partial charge in [0, 0.05) is 21.8 Å². The Hall–Kier alpha value is -2.68. The number of ether oxygens (including phenoxy) is 2. The van der Waals surface area contributed by atoms with Crippen molar-refractivity contribution in [3.63, 3.8) is 0 Å². The van der Waals surface area contributed by atoms with Crippen LogP contribution in [0, 0.1) is 0 Å². The van der Waals surface area contributed by atoms with Gasteiger partial charge in [0.25, 0.3) is 11.1 Å². The second kappa shape index (κ2) is 8.59. The van der Waals surface area contributed by atoms with Crippen LogP contribution >= 0.6 is 35.0 Å². The minimum Gasteiger partial charge on any atom is -0.486 e. The quantitative estimate of drug-likeness (QED) is 0.673. The first-order chi connectivity index (χ1) is 14.4. The fourth-order valence-corrected chi connectivity index (χ4v) is 4.15. The summed E-state index contributed by atoms with van der Waals surface area (Å²) in [7, 11) is 0. The van der Waals surface area contributed by atoms with E-state index >= 15 is 0 Å². The summed E-state index contributed by atoms with van der Waals surface area (Å²) in [5, 5.41) is 2.93. The third kappa shape index (κ3) is 4.40. The lowest BCUT2D eigenvalue weighted by molar-refractivity contribution is -0.127. The minimum atomic E-state index is -0.562. The molecule has 3 amide bonds. The first-order valence-corrected chi connectivity index (χ1v) is 10.4. The van der Waals surface area contributed by atoms with Gasteiger partial charge in [-0.3, -0.25) is 19.3 Å². The molecule has 0 spiro atoms. The van der Waals surface area contributed by atoms with Gasteiger partial charge in [-0.25, -0.2) is 0 Å². The van der Waals surface area contributed by atoms with Crippen molar-refractivity contribution in [3.05, 3.63) is 56.9 Å². The molecule has 4 rings (SSSR count). The van der Waals surface area contributed by atoms with E-state index in [1.807, 2.05) is 0 Å². The summed E-state index contributed by atoms with van der Waals surface area (Å²) >= 11 is 12.7. The number of nitrogens with zero attached hydrogens (tertiary/aromatic N) is 1. The maximum atomic E-state index is 12.6. The molecular weight excluding hydrogens is 451 g/mol. The molecule has 0 saturated carbocycles. The summed E-state index contributed by atoms with van der Waals surface area (Å²) in [6.45, 7) is 0.475. The number of anilines is 1. The van der Waals surface area contributed by atoms with Crippen molar-refractivity contribution in [2.24, 2.45) is 0 Å². The first-order valence-electron chi connectivity index (χ1n) is 8.80. The topological polar surface area (TPSA) is 84.9 Å². The number of hydrogen-bond acceptors (Lipinski definition) is 6. The summed E-state index contributed by atoms with van der Waals surface area (Å²) in [6.07, 6.45) is 1.50. The summed E-state index contributed by atoms with van der Waals surface area (Å²) in [6, 6.07) is 9.78. The van der Waals surface area contributed by atoms with Crippen LogP contribution in [0.5, 0.6) is 11.5 Å². The van der Waals surface area contributed by atoms with Crippen LogP contribution in [-0.4, -0.2) is 41.7 Å². The van der Waals surface area contributed by atoms with Gasteiger partial charge in [0.2, 0.25) is 5.91 Å². The number of carbonyl (C=O) groups is 3. The fourth-order valence-electron chi connectivity index (χ4n) is 2.86. The molecule has 154 valence electrons. The maximum absolute atomic E-state index is 12.6. The predicted molar refractivity (Wildman–Crippen MR) is 115 cm³/mol. The molecule has 2 aliphatic heterocycles. The van der Waals surface area contributed by atoms with Gasteiger partial charge in [0.1, 0.15) is 19.8 Å². The number of imide groups is 1. The van der Waals surface area contributed by atoms with Crippen LogP contribution in [0.15, 0.2) is 41.3 Å². The van der Waals surface area contributed by atoms with Crippen LogP contribution in [0.25, 0.3) is 6.08 Å². The molecule has 10 heteroatoms. The van der Waals surface area contributed by atoms with Crippen molar-refractivity contribution in [1.29, 1.82) is 0 Å². The normalized spacial score (nSPS) is 16.9. The first kappa shape index (κ1) is 20.6. The van der Waals surface area contributed by atoms with Crippen molar-refractivity contribution in [3.8, 4) is 11.5 Å². The van der Waals surface area contributed by atoms with Crippen LogP contribution < -0.4 is 14.8 Å². The highest BCUT2D eigenvalue weighted by atomic mass is 35.5. The lowest BCUT2D eigenvalue weighted by Gasteiger charge is -2.19. The largest absolute Gasteiger partial charge is 0.486 e. The van der Waals surface area contributed by atoms with Crippen LogP contribution in [0.4, 0.5) is 10.5 Å². The summed E-state index contributed by atoms with van der Waals surface area (Å²) < 4.78 is 10.9. The highest BCUT2D eigenvalue weighted by molar-refractivity contribution is 8.18. The molecule has 2 heterocycles. The number of amides is 3. The van der Waals surface area contributed by atoms with E-state index < -0.39 is 23.6 Å². The molecule has 2 aromatic carbocycles. The molecule has 0 aliphatic carbocycles. The Bertz CT molecular complexity index is 1090. The Labute approximate surface area is 185 Å². The van der Waals surface area contributed by atoms with Gasteiger partial charge in [-0.2, -0.15) is 0 Å². The number of fused-ring (bicyclic) bond motifs is 1. The van der Waals surface area contributed by atoms with Gasteiger partial charge in [-0.1, -0.05) is 29.3 Å². The van der Waals surface area contributed by atoms with E-state index in [4.69, 9.17) is 32.7 Å². The van der Waals surface area contributed by atoms with E-state index in [9.17, 15) is 14.4 Å². The lowest BCUT2D eigenvalue weighted by atomic mass is 10.2. The van der Waals surface area contributed by atoms with Crippen molar-refractivity contribution < 1.29 is 23.9 Å². The Morgan fingerprint density at radius 3 is 2.63 bits per heavy atom. The van der Waals surface area contributed by atoms with Crippen LogP contribution in [0.1, 0.15) is 5.56 Å². The van der Waals surface area contributed by atoms with E-state index in [0.717, 1.165) is 16.7 Å². The summed E-state index contributed by atoms with van der Waals surface area (Å²) in [5.41, 5.74) is 1.02. The molecule has 7 nitrogen and oxygen atoms in total. The number of carbonyl (C=O) groups excluding carboxylic acids is 3. The highest BCUT2D eigenvalue weighted by Crippen LogP contribution is 2.35. The van der Waals surface area contributed by atoms with E-state index in [1.54, 1.807) is 36.4 Å². The molecule has 0 aromatic heterocycles. The number of hydrogen-bond donors (Lipinski definition) is 1. The van der Waals surface area contributed by atoms with Gasteiger partial charge < -0.3 is 14.8 Å². The number of halogens is 2. The van der Waals surface area contributed by atoms with Gasteiger partial charge in [-0.15, -0.1) is 0 Å². The molecule has 30 heavy (non-hydrogen) atoms. The van der Waals surface area contributed by atoms with Crippen LogP contribution in [-0.2, 0) is 9.59 Å². The fraction of sp³-hybridized carbons (Fsp3) is 0.150. The molecule has 1 saturated heterocycles. The average Bonchev–Trinajstić information content (AvgIpc) is 2.97. The average molecular weight is 465 g/mol. The van der Waals surface area contributed by atoms with Crippen molar-refractivity contribution in [2.75, 3.05) is 25.1 Å². The van der Waals surface area contributed by atoms with Crippen molar-refractivity contribution >= 4 is 63.8 Å². The van der Waals surface area contributed by atoms with Crippen LogP contribution in [0.2, 0.25) is 10.0 Å². The molecule has 2 aliphatic rings. The maximum Gasteiger partial charge on any atom is 0.294 e. The number of rotatable bonds is 4. The molecule has 0 unspecified atom stereocenters. The van der Waals surface area contributed by atoms with E-state index in [2.05, 4.69) is 5.32 Å². The van der Waals surface area contributed by atoms with Gasteiger partial charge >= 0.3 is 0 Å². The molecule has 1 fully saturated rings. The number of benzene rings is 2.